The van der Waals surface area contributed by atoms with Gasteiger partial charge in [0.1, 0.15) is 5.82 Å². The van der Waals surface area contributed by atoms with Crippen LogP contribution in [0.15, 0.2) is 18.2 Å². The summed E-state index contributed by atoms with van der Waals surface area (Å²) in [6.07, 6.45) is 2.18. The number of benzene rings is 1. The zero-order valence-electron chi connectivity index (χ0n) is 10.5. The molecule has 2 nitrogen and oxygen atoms in total. The summed E-state index contributed by atoms with van der Waals surface area (Å²) >= 11 is 0. The van der Waals surface area contributed by atoms with E-state index in [-0.39, 0.29) is 18.0 Å². The van der Waals surface area contributed by atoms with Crippen molar-refractivity contribution in [2.75, 3.05) is 13.2 Å². The van der Waals surface area contributed by atoms with Crippen molar-refractivity contribution in [2.45, 2.75) is 38.8 Å². The summed E-state index contributed by atoms with van der Waals surface area (Å²) in [5.41, 5.74) is 1.82. The van der Waals surface area contributed by atoms with Crippen LogP contribution in [0.2, 0.25) is 0 Å². The van der Waals surface area contributed by atoms with E-state index in [1.807, 2.05) is 19.9 Å². The zero-order chi connectivity index (χ0) is 12.3. The molecule has 0 aliphatic carbocycles. The Bertz CT molecular complexity index is 374. The molecule has 0 aromatic heterocycles. The molecule has 1 heterocycles. The first-order valence-corrected chi connectivity index (χ1v) is 6.33. The molecular weight excluding hydrogens is 217 g/mol. The largest absolute Gasteiger partial charge is 0.376 e. The van der Waals surface area contributed by atoms with Crippen molar-refractivity contribution < 1.29 is 9.13 Å². The van der Waals surface area contributed by atoms with Crippen LogP contribution in [-0.2, 0) is 4.74 Å². The monoisotopic (exact) mass is 237 g/mol. The van der Waals surface area contributed by atoms with E-state index in [1.54, 1.807) is 12.1 Å². The predicted octanol–water partition coefficient (Wildman–Crippen LogP) is 2.96. The second-order valence-corrected chi connectivity index (χ2v) is 4.61. The van der Waals surface area contributed by atoms with Crippen molar-refractivity contribution in [3.63, 3.8) is 0 Å². The summed E-state index contributed by atoms with van der Waals surface area (Å²) in [6.45, 7) is 5.63. The number of ether oxygens (including phenoxy) is 1. The number of rotatable bonds is 4. The third-order valence-electron chi connectivity index (χ3n) is 3.25. The number of nitrogens with one attached hydrogen (secondary N) is 1. The minimum atomic E-state index is -0.142. The molecule has 0 spiro atoms. The maximum atomic E-state index is 13.9. The van der Waals surface area contributed by atoms with Gasteiger partial charge in [0.25, 0.3) is 0 Å². The van der Waals surface area contributed by atoms with Gasteiger partial charge in [-0.15, -0.1) is 0 Å². The smallest absolute Gasteiger partial charge is 0.128 e. The summed E-state index contributed by atoms with van der Waals surface area (Å²) < 4.78 is 19.6. The van der Waals surface area contributed by atoms with E-state index >= 15 is 0 Å². The molecule has 0 radical (unpaired) electrons. The number of likely N-dealkylation sites (N-methyl/N-ethyl adjacent to an activating group) is 1. The van der Waals surface area contributed by atoms with Crippen molar-refractivity contribution >= 4 is 0 Å². The van der Waals surface area contributed by atoms with Gasteiger partial charge in [0.2, 0.25) is 0 Å². The average Bonchev–Trinajstić information content (AvgIpc) is 2.83. The van der Waals surface area contributed by atoms with E-state index in [0.29, 0.717) is 0 Å². The fourth-order valence-electron chi connectivity index (χ4n) is 2.43. The maximum absolute atomic E-state index is 13.9. The molecule has 1 N–H and O–H groups in total. The Labute approximate surface area is 102 Å². The van der Waals surface area contributed by atoms with Crippen molar-refractivity contribution in [1.29, 1.82) is 0 Å². The Morgan fingerprint density at radius 1 is 1.53 bits per heavy atom. The molecule has 2 rings (SSSR count). The fourth-order valence-corrected chi connectivity index (χ4v) is 2.43. The van der Waals surface area contributed by atoms with Crippen molar-refractivity contribution in [3.8, 4) is 0 Å². The molecule has 94 valence electrons. The SMILES string of the molecule is CCNC(c1cc(C)ccc1F)C1CCCO1. The van der Waals surface area contributed by atoms with Crippen molar-refractivity contribution in [3.05, 3.63) is 35.1 Å². The quantitative estimate of drug-likeness (QED) is 0.869. The summed E-state index contributed by atoms with van der Waals surface area (Å²) in [5, 5.41) is 3.34. The third-order valence-corrected chi connectivity index (χ3v) is 3.25. The van der Waals surface area contributed by atoms with Crippen molar-refractivity contribution in [1.82, 2.24) is 5.32 Å². The molecule has 1 aliphatic heterocycles. The molecule has 2 unspecified atom stereocenters. The summed E-state index contributed by atoms with van der Waals surface area (Å²) in [7, 11) is 0. The Morgan fingerprint density at radius 3 is 3.00 bits per heavy atom. The molecular formula is C14H20FNO. The van der Waals surface area contributed by atoms with Gasteiger partial charge in [0.05, 0.1) is 12.1 Å². The van der Waals surface area contributed by atoms with E-state index in [9.17, 15) is 4.39 Å². The number of halogens is 1. The van der Waals surface area contributed by atoms with E-state index in [0.717, 1.165) is 37.1 Å². The first-order valence-electron chi connectivity index (χ1n) is 6.33. The molecule has 1 saturated heterocycles. The molecule has 3 heteroatoms. The second-order valence-electron chi connectivity index (χ2n) is 4.61. The molecule has 17 heavy (non-hydrogen) atoms. The molecule has 1 aromatic rings. The Balaban J connectivity index is 2.27. The van der Waals surface area contributed by atoms with Gasteiger partial charge in [-0.2, -0.15) is 0 Å². The lowest BCUT2D eigenvalue weighted by Gasteiger charge is -2.25. The molecule has 0 bridgehead atoms. The van der Waals surface area contributed by atoms with Gasteiger partial charge in [-0.1, -0.05) is 24.6 Å². The van der Waals surface area contributed by atoms with Crippen molar-refractivity contribution in [2.24, 2.45) is 0 Å². The number of aryl methyl sites for hydroxylation is 1. The lowest BCUT2D eigenvalue weighted by atomic mass is 9.97. The Morgan fingerprint density at radius 2 is 2.35 bits per heavy atom. The first kappa shape index (κ1) is 12.5. The number of hydrogen-bond donors (Lipinski definition) is 1. The van der Waals surface area contributed by atoms with Crippen LogP contribution in [0.1, 0.15) is 36.9 Å². The van der Waals surface area contributed by atoms with Crippen LogP contribution in [0.5, 0.6) is 0 Å². The Kier molecular flexibility index (Phi) is 4.13. The second kappa shape index (κ2) is 5.61. The highest BCUT2D eigenvalue weighted by molar-refractivity contribution is 5.28. The normalized spacial score (nSPS) is 21.7. The van der Waals surface area contributed by atoms with Gasteiger partial charge in [0, 0.05) is 12.2 Å². The van der Waals surface area contributed by atoms with Crippen LogP contribution < -0.4 is 5.32 Å². The van der Waals surface area contributed by atoms with Crippen LogP contribution in [0.25, 0.3) is 0 Å². The van der Waals surface area contributed by atoms with Gasteiger partial charge < -0.3 is 10.1 Å². The van der Waals surface area contributed by atoms with Crippen LogP contribution >= 0.6 is 0 Å². The van der Waals surface area contributed by atoms with Gasteiger partial charge in [0.15, 0.2) is 0 Å². The molecule has 0 amide bonds. The highest BCUT2D eigenvalue weighted by Crippen LogP contribution is 2.29. The molecule has 1 fully saturated rings. The van der Waals surface area contributed by atoms with E-state index < -0.39 is 0 Å². The predicted molar refractivity (Wildman–Crippen MR) is 66.5 cm³/mol. The molecule has 1 aromatic carbocycles. The standard InChI is InChI=1S/C14H20FNO/c1-3-16-14(13-5-4-8-17-13)11-9-10(2)6-7-12(11)15/h6-7,9,13-14,16H,3-5,8H2,1-2H3. The van der Waals surface area contributed by atoms with Crippen LogP contribution in [0, 0.1) is 12.7 Å². The highest BCUT2D eigenvalue weighted by atomic mass is 19.1. The van der Waals surface area contributed by atoms with Gasteiger partial charge in [-0.05, 0) is 32.4 Å². The lowest BCUT2D eigenvalue weighted by Crippen LogP contribution is -2.32. The van der Waals surface area contributed by atoms with E-state index in [1.165, 1.54) is 0 Å². The lowest BCUT2D eigenvalue weighted by molar-refractivity contribution is 0.0776. The van der Waals surface area contributed by atoms with Crippen LogP contribution in [0.3, 0.4) is 0 Å². The molecule has 1 aliphatic rings. The highest BCUT2D eigenvalue weighted by Gasteiger charge is 2.28. The van der Waals surface area contributed by atoms with Gasteiger partial charge in [-0.25, -0.2) is 4.39 Å². The van der Waals surface area contributed by atoms with E-state index in [2.05, 4.69) is 5.32 Å². The van der Waals surface area contributed by atoms with Gasteiger partial charge >= 0.3 is 0 Å². The third kappa shape index (κ3) is 2.85. The zero-order valence-corrected chi connectivity index (χ0v) is 10.5. The molecule has 0 saturated carbocycles. The summed E-state index contributed by atoms with van der Waals surface area (Å²) in [4.78, 5) is 0. The minimum Gasteiger partial charge on any atom is -0.376 e. The average molecular weight is 237 g/mol. The van der Waals surface area contributed by atoms with Crippen LogP contribution in [0.4, 0.5) is 4.39 Å². The summed E-state index contributed by atoms with van der Waals surface area (Å²) in [6, 6.07) is 5.24. The van der Waals surface area contributed by atoms with Gasteiger partial charge in [-0.3, -0.25) is 0 Å². The summed E-state index contributed by atoms with van der Waals surface area (Å²) in [5.74, 6) is -0.142. The Hall–Kier alpha value is -0.930. The fraction of sp³-hybridized carbons (Fsp3) is 0.571. The van der Waals surface area contributed by atoms with Crippen LogP contribution in [-0.4, -0.2) is 19.3 Å². The van der Waals surface area contributed by atoms with E-state index in [4.69, 9.17) is 4.74 Å². The topological polar surface area (TPSA) is 21.3 Å². The molecule has 2 atom stereocenters. The minimum absolute atomic E-state index is 0.0256. The number of hydrogen-bond acceptors (Lipinski definition) is 2. The first-order chi connectivity index (χ1) is 8.22. The maximum Gasteiger partial charge on any atom is 0.128 e.